The fourth-order valence-corrected chi connectivity index (χ4v) is 5.19. The average Bonchev–Trinajstić information content (AvgIpc) is 3.05. The summed E-state index contributed by atoms with van der Waals surface area (Å²) in [5, 5.41) is 19.2. The van der Waals surface area contributed by atoms with Gasteiger partial charge in [-0.15, -0.1) is 0 Å². The second-order valence-electron chi connectivity index (χ2n) is 8.47. The molecular weight excluding hydrogens is 340 g/mol. The van der Waals surface area contributed by atoms with E-state index in [-0.39, 0.29) is 12.7 Å². The molecule has 3 unspecified atom stereocenters. The molecule has 1 saturated carbocycles. The van der Waals surface area contributed by atoms with E-state index in [1.165, 1.54) is 36.8 Å². The van der Waals surface area contributed by atoms with Gasteiger partial charge >= 0.3 is 5.97 Å². The highest BCUT2D eigenvalue weighted by Crippen LogP contribution is 2.48. The molecule has 27 heavy (non-hydrogen) atoms. The van der Waals surface area contributed by atoms with Crippen molar-refractivity contribution in [3.63, 3.8) is 0 Å². The number of fused-ring (bicyclic) bond motifs is 2. The molecule has 0 saturated heterocycles. The summed E-state index contributed by atoms with van der Waals surface area (Å²) in [6.07, 6.45) is 11.0. The first-order valence-electron chi connectivity index (χ1n) is 10.7. The highest BCUT2D eigenvalue weighted by Gasteiger charge is 2.39. The van der Waals surface area contributed by atoms with E-state index in [1.807, 2.05) is 12.1 Å². The van der Waals surface area contributed by atoms with Crippen molar-refractivity contribution < 1.29 is 19.7 Å². The van der Waals surface area contributed by atoms with E-state index in [0.29, 0.717) is 17.8 Å². The zero-order chi connectivity index (χ0) is 19.2. The second kappa shape index (κ2) is 9.59. The maximum Gasteiger partial charge on any atom is 0.341 e. The van der Waals surface area contributed by atoms with Crippen LogP contribution in [-0.4, -0.2) is 28.9 Å². The van der Waals surface area contributed by atoms with Gasteiger partial charge < -0.3 is 14.9 Å². The quantitative estimate of drug-likeness (QED) is 0.587. The lowest BCUT2D eigenvalue weighted by atomic mass is 9.73. The normalized spacial score (nSPS) is 24.9. The number of carboxylic acids is 1. The van der Waals surface area contributed by atoms with Crippen LogP contribution in [0.25, 0.3) is 0 Å². The van der Waals surface area contributed by atoms with Gasteiger partial charge in [0.25, 0.3) is 0 Å². The third kappa shape index (κ3) is 5.25. The third-order valence-corrected chi connectivity index (χ3v) is 6.63. The van der Waals surface area contributed by atoms with Crippen LogP contribution in [0.1, 0.15) is 69.4 Å². The maximum absolute atomic E-state index is 10.8. The lowest BCUT2D eigenvalue weighted by Crippen LogP contribution is -2.26. The summed E-state index contributed by atoms with van der Waals surface area (Å²) in [7, 11) is 0. The molecule has 150 valence electrons. The Balaban J connectivity index is 1.57. The predicted molar refractivity (Wildman–Crippen MR) is 106 cm³/mol. The minimum atomic E-state index is -0.931. The van der Waals surface area contributed by atoms with E-state index < -0.39 is 5.97 Å². The zero-order valence-corrected chi connectivity index (χ0v) is 16.5. The van der Waals surface area contributed by atoms with E-state index >= 15 is 0 Å². The number of rotatable bonds is 10. The first kappa shape index (κ1) is 20.2. The van der Waals surface area contributed by atoms with Crippen LogP contribution in [0.3, 0.4) is 0 Å². The highest BCUT2D eigenvalue weighted by molar-refractivity contribution is 5.68. The van der Waals surface area contributed by atoms with Crippen molar-refractivity contribution in [2.24, 2.45) is 17.8 Å². The van der Waals surface area contributed by atoms with Gasteiger partial charge in [-0.3, -0.25) is 0 Å². The number of hydrogen-bond acceptors (Lipinski definition) is 3. The summed E-state index contributed by atoms with van der Waals surface area (Å²) in [5.74, 6) is 1.92. The van der Waals surface area contributed by atoms with Crippen LogP contribution < -0.4 is 4.74 Å². The Bertz CT molecular complexity index is 627. The Labute approximate surface area is 162 Å². The van der Waals surface area contributed by atoms with Crippen LogP contribution in [-0.2, 0) is 17.6 Å². The molecule has 0 aliphatic heterocycles. The number of carbonyl (C=O) groups is 1. The number of aliphatic carboxylic acids is 1. The summed E-state index contributed by atoms with van der Waals surface area (Å²) in [6.45, 7) is 1.92. The molecule has 0 aromatic heterocycles. The largest absolute Gasteiger partial charge is 0.482 e. The molecule has 0 bridgehead atoms. The Morgan fingerprint density at radius 1 is 1.22 bits per heavy atom. The summed E-state index contributed by atoms with van der Waals surface area (Å²) in [6, 6.07) is 6.06. The third-order valence-electron chi connectivity index (χ3n) is 6.63. The lowest BCUT2D eigenvalue weighted by molar-refractivity contribution is -0.139. The SMILES string of the molecule is CCCCCC(O)CCC1CC[C@@H]2Cc3c(cccc3OCC(=O)O)CC12. The summed E-state index contributed by atoms with van der Waals surface area (Å²) in [4.78, 5) is 10.8. The summed E-state index contributed by atoms with van der Waals surface area (Å²) < 4.78 is 5.53. The van der Waals surface area contributed by atoms with Crippen LogP contribution in [0.4, 0.5) is 0 Å². The van der Waals surface area contributed by atoms with Crippen molar-refractivity contribution in [1.82, 2.24) is 0 Å². The van der Waals surface area contributed by atoms with E-state index in [9.17, 15) is 9.90 Å². The number of benzene rings is 1. The first-order chi connectivity index (χ1) is 13.1. The van der Waals surface area contributed by atoms with Gasteiger partial charge in [0.1, 0.15) is 5.75 Å². The first-order valence-corrected chi connectivity index (χ1v) is 10.7. The second-order valence-corrected chi connectivity index (χ2v) is 8.47. The number of ether oxygens (including phenoxy) is 1. The molecule has 2 N–H and O–H groups in total. The van der Waals surface area contributed by atoms with Crippen molar-refractivity contribution in [3.05, 3.63) is 29.3 Å². The Morgan fingerprint density at radius 2 is 2.07 bits per heavy atom. The molecule has 1 fully saturated rings. The number of aliphatic hydroxyl groups is 1. The van der Waals surface area contributed by atoms with E-state index in [2.05, 4.69) is 13.0 Å². The van der Waals surface area contributed by atoms with Crippen LogP contribution >= 0.6 is 0 Å². The van der Waals surface area contributed by atoms with E-state index in [0.717, 1.165) is 44.3 Å². The van der Waals surface area contributed by atoms with Gasteiger partial charge in [0.2, 0.25) is 0 Å². The van der Waals surface area contributed by atoms with Gasteiger partial charge in [0.05, 0.1) is 6.10 Å². The maximum atomic E-state index is 10.8. The number of aliphatic hydroxyl groups excluding tert-OH is 1. The topological polar surface area (TPSA) is 66.8 Å². The number of unbranched alkanes of at least 4 members (excludes halogenated alkanes) is 2. The molecule has 2 aliphatic rings. The Morgan fingerprint density at radius 3 is 2.85 bits per heavy atom. The minimum absolute atomic E-state index is 0.137. The standard InChI is InChI=1S/C23H34O4/c1-2-3-4-7-19(24)12-11-16-9-10-18-14-21-17(13-20(16)18)6-5-8-22(21)27-15-23(25)26/h5-6,8,16,18-20,24H,2-4,7,9-15H2,1H3,(H,25,26)/t16?,18-,19?,20?/m1/s1. The smallest absolute Gasteiger partial charge is 0.341 e. The average molecular weight is 375 g/mol. The van der Waals surface area contributed by atoms with Crippen molar-refractivity contribution in [2.75, 3.05) is 6.61 Å². The van der Waals surface area contributed by atoms with Gasteiger partial charge in [0, 0.05) is 0 Å². The van der Waals surface area contributed by atoms with Crippen molar-refractivity contribution in [1.29, 1.82) is 0 Å². The van der Waals surface area contributed by atoms with Crippen LogP contribution in [0.15, 0.2) is 18.2 Å². The van der Waals surface area contributed by atoms with Crippen molar-refractivity contribution in [3.8, 4) is 5.75 Å². The Hall–Kier alpha value is -1.55. The highest BCUT2D eigenvalue weighted by atomic mass is 16.5. The number of hydrogen-bond donors (Lipinski definition) is 2. The van der Waals surface area contributed by atoms with E-state index in [4.69, 9.17) is 9.84 Å². The monoisotopic (exact) mass is 374 g/mol. The Kier molecular flexibility index (Phi) is 7.17. The predicted octanol–water partition coefficient (Wildman–Crippen LogP) is 4.61. The molecule has 4 nitrogen and oxygen atoms in total. The molecule has 0 heterocycles. The molecule has 0 amide bonds. The van der Waals surface area contributed by atoms with Crippen LogP contribution in [0.2, 0.25) is 0 Å². The molecule has 1 aromatic rings. The molecule has 4 heteroatoms. The molecule has 0 spiro atoms. The summed E-state index contributed by atoms with van der Waals surface area (Å²) in [5.41, 5.74) is 2.55. The molecule has 0 radical (unpaired) electrons. The van der Waals surface area contributed by atoms with Crippen LogP contribution in [0, 0.1) is 17.8 Å². The van der Waals surface area contributed by atoms with Gasteiger partial charge in [-0.1, -0.05) is 38.3 Å². The van der Waals surface area contributed by atoms with Crippen molar-refractivity contribution >= 4 is 5.97 Å². The minimum Gasteiger partial charge on any atom is -0.482 e. The molecule has 2 aliphatic carbocycles. The molecular formula is C23H34O4. The number of carboxylic acid groups (broad SMARTS) is 1. The molecule has 3 rings (SSSR count). The van der Waals surface area contributed by atoms with Crippen LogP contribution in [0.5, 0.6) is 5.75 Å². The van der Waals surface area contributed by atoms with Gasteiger partial charge in [-0.2, -0.15) is 0 Å². The molecule has 1 aromatic carbocycles. The van der Waals surface area contributed by atoms with E-state index in [1.54, 1.807) is 0 Å². The summed E-state index contributed by atoms with van der Waals surface area (Å²) >= 11 is 0. The molecule has 4 atom stereocenters. The fourth-order valence-electron chi connectivity index (χ4n) is 5.19. The van der Waals surface area contributed by atoms with Crippen molar-refractivity contribution in [2.45, 2.75) is 77.2 Å². The lowest BCUT2D eigenvalue weighted by Gasteiger charge is -2.32. The van der Waals surface area contributed by atoms with Gasteiger partial charge in [-0.25, -0.2) is 4.79 Å². The van der Waals surface area contributed by atoms with Gasteiger partial charge in [-0.05, 0) is 79.9 Å². The van der Waals surface area contributed by atoms with Gasteiger partial charge in [0.15, 0.2) is 6.61 Å². The zero-order valence-electron chi connectivity index (χ0n) is 16.5. The fraction of sp³-hybridized carbons (Fsp3) is 0.696.